The highest BCUT2D eigenvalue weighted by Crippen LogP contribution is 2.47. The summed E-state index contributed by atoms with van der Waals surface area (Å²) < 4.78 is 6.96. The number of hydrogen-bond donors (Lipinski definition) is 4. The molecule has 0 unspecified atom stereocenters. The number of carbonyl (C=O) groups is 2. The molecule has 0 aromatic heterocycles. The van der Waals surface area contributed by atoms with Crippen LogP contribution < -0.4 is 15.0 Å². The molecule has 0 spiro atoms. The predicted molar refractivity (Wildman–Crippen MR) is 194 cm³/mol. The standard InChI is InChI=1S/C40H39BrN2O6/c1-25(20-26-21-28(41)13-19-35(26)45)12-18-36(46)37-27(24-49-32-10-6-3-7-11-32)22-33-38(34(37)23-44)40(48)43(39(33)47)31-16-14-30(15-17-31)42-29-8-4-2-5-9-29/h2-11,13-17,19-21,33-34,36,38,42,44-46H,12,18,22-24H2,1H3/b25-20+/t33-,34+,36-,38-/m1/s1. The van der Waals surface area contributed by atoms with E-state index >= 15 is 0 Å². The van der Waals surface area contributed by atoms with E-state index in [2.05, 4.69) is 21.2 Å². The van der Waals surface area contributed by atoms with Gasteiger partial charge in [0.2, 0.25) is 11.8 Å². The molecular weight excluding hydrogens is 684 g/mol. The maximum absolute atomic E-state index is 14.1. The van der Waals surface area contributed by atoms with Crippen molar-refractivity contribution in [2.24, 2.45) is 17.8 Å². The van der Waals surface area contributed by atoms with Gasteiger partial charge < -0.3 is 25.4 Å². The molecule has 6 rings (SSSR count). The van der Waals surface area contributed by atoms with Gasteiger partial charge in [0, 0.05) is 27.3 Å². The summed E-state index contributed by atoms with van der Waals surface area (Å²) in [5, 5.41) is 36.2. The zero-order chi connectivity index (χ0) is 34.5. The van der Waals surface area contributed by atoms with Gasteiger partial charge in [0.25, 0.3) is 0 Å². The second kappa shape index (κ2) is 15.2. The minimum atomic E-state index is -0.993. The Kier molecular flexibility index (Phi) is 10.6. The van der Waals surface area contributed by atoms with Crippen molar-refractivity contribution in [1.82, 2.24) is 0 Å². The quantitative estimate of drug-likeness (QED) is 0.0877. The third kappa shape index (κ3) is 7.64. The first-order valence-corrected chi connectivity index (χ1v) is 17.2. The zero-order valence-electron chi connectivity index (χ0n) is 27.1. The first-order valence-electron chi connectivity index (χ1n) is 16.4. The lowest BCUT2D eigenvalue weighted by atomic mass is 9.68. The van der Waals surface area contributed by atoms with Crippen molar-refractivity contribution >= 4 is 50.9 Å². The predicted octanol–water partition coefficient (Wildman–Crippen LogP) is 7.64. The Balaban J connectivity index is 1.26. The second-order valence-electron chi connectivity index (χ2n) is 12.6. The number of aliphatic hydroxyl groups is 2. The Morgan fingerprint density at radius 3 is 2.33 bits per heavy atom. The number of amides is 2. The van der Waals surface area contributed by atoms with Crippen LogP contribution >= 0.6 is 15.9 Å². The Morgan fingerprint density at radius 2 is 1.63 bits per heavy atom. The summed E-state index contributed by atoms with van der Waals surface area (Å²) in [5.41, 5.74) is 5.06. The van der Waals surface area contributed by atoms with Crippen molar-refractivity contribution in [3.63, 3.8) is 0 Å². The van der Waals surface area contributed by atoms with Crippen LogP contribution in [0.2, 0.25) is 0 Å². The van der Waals surface area contributed by atoms with Gasteiger partial charge >= 0.3 is 0 Å². The number of ether oxygens (including phenoxy) is 1. The number of allylic oxidation sites excluding steroid dienone is 1. The van der Waals surface area contributed by atoms with E-state index in [4.69, 9.17) is 4.74 Å². The normalized spacial score (nSPS) is 20.0. The molecule has 8 nitrogen and oxygen atoms in total. The van der Waals surface area contributed by atoms with Crippen LogP contribution in [0, 0.1) is 17.8 Å². The number of anilines is 3. The van der Waals surface area contributed by atoms with Crippen LogP contribution in [-0.2, 0) is 9.59 Å². The van der Waals surface area contributed by atoms with Gasteiger partial charge in [0.15, 0.2) is 0 Å². The summed E-state index contributed by atoms with van der Waals surface area (Å²) in [6.45, 7) is 1.63. The van der Waals surface area contributed by atoms with Crippen molar-refractivity contribution in [3.8, 4) is 11.5 Å². The number of imide groups is 1. The van der Waals surface area contributed by atoms with E-state index < -0.39 is 30.5 Å². The van der Waals surface area contributed by atoms with Crippen LogP contribution in [0.25, 0.3) is 6.08 Å². The molecule has 2 aliphatic rings. The second-order valence-corrected chi connectivity index (χ2v) is 13.5. The summed E-state index contributed by atoms with van der Waals surface area (Å²) in [6, 6.07) is 31.3. The number of nitrogens with one attached hydrogen (secondary N) is 1. The number of halogens is 1. The number of para-hydroxylation sites is 2. The lowest BCUT2D eigenvalue weighted by molar-refractivity contribution is -0.123. The van der Waals surface area contributed by atoms with Crippen LogP contribution in [-0.4, -0.2) is 46.5 Å². The van der Waals surface area contributed by atoms with Crippen LogP contribution in [0.5, 0.6) is 11.5 Å². The van der Waals surface area contributed by atoms with Crippen molar-refractivity contribution in [1.29, 1.82) is 0 Å². The minimum Gasteiger partial charge on any atom is -0.507 e. The number of phenols is 1. The van der Waals surface area contributed by atoms with E-state index in [0.717, 1.165) is 21.4 Å². The van der Waals surface area contributed by atoms with E-state index in [-0.39, 0.29) is 30.6 Å². The molecule has 1 aliphatic carbocycles. The number of fused-ring (bicyclic) bond motifs is 1. The maximum Gasteiger partial charge on any atom is 0.238 e. The highest BCUT2D eigenvalue weighted by Gasteiger charge is 2.55. The number of rotatable bonds is 12. The summed E-state index contributed by atoms with van der Waals surface area (Å²) in [4.78, 5) is 29.3. The smallest absolute Gasteiger partial charge is 0.238 e. The fourth-order valence-electron chi connectivity index (χ4n) is 6.91. The number of benzene rings is 4. The fraction of sp³-hybridized carbons (Fsp3) is 0.250. The van der Waals surface area contributed by atoms with Crippen LogP contribution in [0.15, 0.2) is 124 Å². The van der Waals surface area contributed by atoms with Gasteiger partial charge in [-0.3, -0.25) is 14.5 Å². The molecule has 252 valence electrons. The highest BCUT2D eigenvalue weighted by molar-refractivity contribution is 9.10. The largest absolute Gasteiger partial charge is 0.507 e. The van der Waals surface area contributed by atoms with Gasteiger partial charge in [0.1, 0.15) is 18.1 Å². The van der Waals surface area contributed by atoms with E-state index in [0.29, 0.717) is 41.0 Å². The van der Waals surface area contributed by atoms with E-state index in [1.807, 2.05) is 91.9 Å². The number of nitrogens with zero attached hydrogens (tertiary/aromatic N) is 1. The molecule has 0 saturated carbocycles. The Bertz CT molecular complexity index is 1860. The molecule has 4 N–H and O–H groups in total. The van der Waals surface area contributed by atoms with Crippen molar-refractivity contribution in [3.05, 3.63) is 130 Å². The molecule has 1 fully saturated rings. The number of hydrogen-bond acceptors (Lipinski definition) is 7. The third-order valence-corrected chi connectivity index (χ3v) is 9.78. The van der Waals surface area contributed by atoms with Gasteiger partial charge in [-0.15, -0.1) is 0 Å². The topological polar surface area (TPSA) is 119 Å². The lowest BCUT2D eigenvalue weighted by Gasteiger charge is -2.36. The Labute approximate surface area is 294 Å². The maximum atomic E-state index is 14.1. The summed E-state index contributed by atoms with van der Waals surface area (Å²) in [7, 11) is 0. The van der Waals surface area contributed by atoms with E-state index in [1.54, 1.807) is 24.3 Å². The summed E-state index contributed by atoms with van der Waals surface area (Å²) in [5.74, 6) is -2.19. The van der Waals surface area contributed by atoms with Crippen LogP contribution in [0.3, 0.4) is 0 Å². The molecule has 0 radical (unpaired) electrons. The molecule has 1 heterocycles. The number of aliphatic hydroxyl groups excluding tert-OH is 2. The van der Waals surface area contributed by atoms with E-state index in [1.165, 1.54) is 4.90 Å². The summed E-state index contributed by atoms with van der Waals surface area (Å²) in [6.07, 6.45) is 1.93. The molecular formula is C40H39BrN2O6. The molecule has 9 heteroatoms. The van der Waals surface area contributed by atoms with Gasteiger partial charge in [-0.1, -0.05) is 64.0 Å². The van der Waals surface area contributed by atoms with Gasteiger partial charge in [0.05, 0.1) is 30.2 Å². The SMILES string of the molecule is C/C(=C\c1cc(Br)ccc1O)CC[C@@H](O)C1=C(COc2ccccc2)C[C@H]2C(=O)N(c3ccc(Nc4ccccc4)cc3)C(=O)[C@H]2[C@H]1CO. The molecule has 0 bridgehead atoms. The monoisotopic (exact) mass is 722 g/mol. The third-order valence-electron chi connectivity index (χ3n) is 9.29. The number of phenolic OH excluding ortho intramolecular Hbond substituents is 1. The average Bonchev–Trinajstić information content (AvgIpc) is 3.36. The van der Waals surface area contributed by atoms with E-state index in [9.17, 15) is 24.9 Å². The van der Waals surface area contributed by atoms with Crippen molar-refractivity contribution < 1.29 is 29.6 Å². The molecule has 4 atom stereocenters. The molecule has 4 aromatic carbocycles. The van der Waals surface area contributed by atoms with Gasteiger partial charge in [-0.2, -0.15) is 0 Å². The highest BCUT2D eigenvalue weighted by atomic mass is 79.9. The molecule has 2 amide bonds. The first-order chi connectivity index (χ1) is 23.7. The van der Waals surface area contributed by atoms with Gasteiger partial charge in [-0.05, 0) is 104 Å². The molecule has 1 aliphatic heterocycles. The van der Waals surface area contributed by atoms with Gasteiger partial charge in [-0.25, -0.2) is 0 Å². The fourth-order valence-corrected chi connectivity index (χ4v) is 7.29. The molecule has 1 saturated heterocycles. The Hall–Kier alpha value is -4.70. The zero-order valence-corrected chi connectivity index (χ0v) is 28.7. The minimum absolute atomic E-state index is 0.109. The number of aromatic hydroxyl groups is 1. The average molecular weight is 724 g/mol. The molecule has 4 aromatic rings. The van der Waals surface area contributed by atoms with Crippen molar-refractivity contribution in [2.45, 2.75) is 32.3 Å². The van der Waals surface area contributed by atoms with Crippen LogP contribution in [0.1, 0.15) is 31.7 Å². The molecule has 49 heavy (non-hydrogen) atoms. The lowest BCUT2D eigenvalue weighted by Crippen LogP contribution is -2.40. The number of carbonyl (C=O) groups excluding carboxylic acids is 2. The first kappa shape index (κ1) is 34.2. The Morgan fingerprint density at radius 1 is 0.959 bits per heavy atom. The van der Waals surface area contributed by atoms with Crippen molar-refractivity contribution in [2.75, 3.05) is 23.4 Å². The van der Waals surface area contributed by atoms with Crippen LogP contribution in [0.4, 0.5) is 17.1 Å². The summed E-state index contributed by atoms with van der Waals surface area (Å²) >= 11 is 3.44.